The van der Waals surface area contributed by atoms with Crippen LogP contribution in [0.25, 0.3) is 6.08 Å². The highest BCUT2D eigenvalue weighted by Gasteiger charge is 2.30. The summed E-state index contributed by atoms with van der Waals surface area (Å²) in [5.74, 6) is 2.35. The maximum Gasteiger partial charge on any atom is 0.331 e. The van der Waals surface area contributed by atoms with Crippen LogP contribution < -0.4 is 23.7 Å². The maximum absolute atomic E-state index is 13.0. The molecule has 0 spiro atoms. The van der Waals surface area contributed by atoms with Crippen LogP contribution in [0.3, 0.4) is 0 Å². The van der Waals surface area contributed by atoms with Crippen molar-refractivity contribution >= 4 is 12.0 Å². The summed E-state index contributed by atoms with van der Waals surface area (Å²) in [6, 6.07) is 0. The van der Waals surface area contributed by atoms with Crippen molar-refractivity contribution in [3.8, 4) is 28.7 Å². The molecule has 0 heterocycles. The van der Waals surface area contributed by atoms with Gasteiger partial charge < -0.3 is 28.4 Å². The van der Waals surface area contributed by atoms with Crippen molar-refractivity contribution < 1.29 is 33.2 Å². The molecule has 1 aromatic rings. The summed E-state index contributed by atoms with van der Waals surface area (Å²) in [5.41, 5.74) is 0.641. The molecular formula is C43H76O7. The summed E-state index contributed by atoms with van der Waals surface area (Å²) in [6.07, 6.45) is 25.4. The summed E-state index contributed by atoms with van der Waals surface area (Å²) in [4.78, 5) is 13.0. The molecule has 0 aliphatic heterocycles. The van der Waals surface area contributed by atoms with Gasteiger partial charge in [-0.05, 0) is 51.5 Å². The molecule has 1 rings (SSSR count). The molecule has 1 unspecified atom stereocenters. The van der Waals surface area contributed by atoms with E-state index in [4.69, 9.17) is 28.4 Å². The van der Waals surface area contributed by atoms with Gasteiger partial charge in [-0.3, -0.25) is 0 Å². The van der Waals surface area contributed by atoms with Gasteiger partial charge in [0.25, 0.3) is 0 Å². The molecule has 50 heavy (non-hydrogen) atoms. The first-order valence-electron chi connectivity index (χ1n) is 20.7. The van der Waals surface area contributed by atoms with E-state index in [0.717, 1.165) is 128 Å². The molecule has 0 radical (unpaired) electrons. The Balaban J connectivity index is 3.91. The number of carbonyl (C=O) groups is 1. The second-order valence-electron chi connectivity index (χ2n) is 13.6. The van der Waals surface area contributed by atoms with Crippen LogP contribution >= 0.6 is 0 Å². The maximum atomic E-state index is 13.0. The van der Waals surface area contributed by atoms with Crippen molar-refractivity contribution in [2.45, 2.75) is 189 Å². The second kappa shape index (κ2) is 31.2. The van der Waals surface area contributed by atoms with Crippen LogP contribution in [-0.2, 0) is 9.53 Å². The quantitative estimate of drug-likeness (QED) is 0.0402. The Labute approximate surface area is 307 Å². The molecule has 0 N–H and O–H groups in total. The number of hydrogen-bond acceptors (Lipinski definition) is 7. The van der Waals surface area contributed by atoms with E-state index < -0.39 is 5.97 Å². The number of carbonyl (C=O) groups excluding carboxylic acids is 1. The van der Waals surface area contributed by atoms with Gasteiger partial charge in [-0.25, -0.2) is 4.79 Å². The number of ether oxygens (including phenoxy) is 6. The fourth-order valence-corrected chi connectivity index (χ4v) is 5.48. The third kappa shape index (κ3) is 19.7. The minimum Gasteiger partial charge on any atom is -0.489 e. The van der Waals surface area contributed by atoms with Crippen molar-refractivity contribution in [3.63, 3.8) is 0 Å². The molecule has 290 valence electrons. The number of hydrogen-bond donors (Lipinski definition) is 0. The fourth-order valence-electron chi connectivity index (χ4n) is 5.48. The van der Waals surface area contributed by atoms with Gasteiger partial charge >= 0.3 is 5.97 Å². The Morgan fingerprint density at radius 3 is 1.06 bits per heavy atom. The molecule has 0 aromatic heterocycles. The first-order chi connectivity index (χ1) is 24.5. The number of benzene rings is 1. The molecular weight excluding hydrogens is 628 g/mol. The van der Waals surface area contributed by atoms with Gasteiger partial charge in [0, 0.05) is 6.08 Å². The number of rotatable bonds is 34. The molecule has 7 nitrogen and oxygen atoms in total. The van der Waals surface area contributed by atoms with E-state index in [-0.39, 0.29) is 6.10 Å². The van der Waals surface area contributed by atoms with E-state index in [1.807, 2.05) is 13.8 Å². The third-order valence-electron chi connectivity index (χ3n) is 8.81. The van der Waals surface area contributed by atoms with Crippen molar-refractivity contribution in [3.05, 3.63) is 11.6 Å². The molecule has 1 atom stereocenters. The summed E-state index contributed by atoms with van der Waals surface area (Å²) in [6.45, 7) is 17.6. The average Bonchev–Trinajstić information content (AvgIpc) is 3.11. The molecule has 0 saturated carbocycles. The Hall–Kier alpha value is -2.57. The minimum absolute atomic E-state index is 0.178. The van der Waals surface area contributed by atoms with E-state index in [1.165, 1.54) is 12.5 Å². The molecule has 0 bridgehead atoms. The summed E-state index contributed by atoms with van der Waals surface area (Å²) >= 11 is 0. The number of esters is 1. The van der Waals surface area contributed by atoms with Gasteiger partial charge in [0.15, 0.2) is 11.5 Å². The standard InChI is InChI=1S/C43H76O7/c1-8-14-19-24-31-45-39-37(29-30-38(44)50-36(7)13-6)40(46-32-25-20-15-9-2)42(48-34-27-22-17-11-4)43(49-35-28-23-18-12-5)41(39)47-33-26-21-16-10-3/h29-30,36H,8-28,31-35H2,1-7H3. The average molecular weight is 705 g/mol. The van der Waals surface area contributed by atoms with Gasteiger partial charge in [0.2, 0.25) is 17.2 Å². The van der Waals surface area contributed by atoms with E-state index in [9.17, 15) is 4.79 Å². The highest BCUT2D eigenvalue weighted by Crippen LogP contribution is 2.55. The van der Waals surface area contributed by atoms with Gasteiger partial charge in [-0.1, -0.05) is 138 Å². The van der Waals surface area contributed by atoms with Crippen molar-refractivity contribution in [1.29, 1.82) is 0 Å². The second-order valence-corrected chi connectivity index (χ2v) is 13.6. The lowest BCUT2D eigenvalue weighted by Gasteiger charge is -2.25. The first kappa shape index (κ1) is 45.5. The molecule has 0 aliphatic carbocycles. The van der Waals surface area contributed by atoms with E-state index in [1.54, 1.807) is 6.08 Å². The van der Waals surface area contributed by atoms with E-state index in [0.29, 0.717) is 67.3 Å². The van der Waals surface area contributed by atoms with Crippen LogP contribution in [0.15, 0.2) is 6.08 Å². The Morgan fingerprint density at radius 1 is 0.460 bits per heavy atom. The normalized spacial score (nSPS) is 11.9. The molecule has 0 saturated heterocycles. The van der Waals surface area contributed by atoms with Crippen molar-refractivity contribution in [2.24, 2.45) is 0 Å². The van der Waals surface area contributed by atoms with Crippen LogP contribution in [0.1, 0.15) is 189 Å². The van der Waals surface area contributed by atoms with Gasteiger partial charge in [-0.2, -0.15) is 0 Å². The summed E-state index contributed by atoms with van der Waals surface area (Å²) in [7, 11) is 0. The predicted molar refractivity (Wildman–Crippen MR) is 210 cm³/mol. The highest BCUT2D eigenvalue weighted by atomic mass is 16.6. The molecule has 7 heteroatoms. The topological polar surface area (TPSA) is 72.5 Å². The fraction of sp³-hybridized carbons (Fsp3) is 0.791. The third-order valence-corrected chi connectivity index (χ3v) is 8.81. The summed E-state index contributed by atoms with van der Waals surface area (Å²) in [5, 5.41) is 0. The Kier molecular flexibility index (Phi) is 28.4. The molecule has 0 fully saturated rings. The predicted octanol–water partition coefficient (Wildman–Crippen LogP) is 12.8. The van der Waals surface area contributed by atoms with Crippen LogP contribution in [0.5, 0.6) is 28.7 Å². The highest BCUT2D eigenvalue weighted by molar-refractivity contribution is 5.90. The number of unbranched alkanes of at least 4 members (excludes halogenated alkanes) is 15. The minimum atomic E-state index is -0.400. The molecule has 1 aromatic carbocycles. The summed E-state index contributed by atoms with van der Waals surface area (Å²) < 4.78 is 39.0. The zero-order chi connectivity index (χ0) is 36.7. The Morgan fingerprint density at radius 2 is 0.760 bits per heavy atom. The zero-order valence-corrected chi connectivity index (χ0v) is 33.5. The SMILES string of the molecule is CCCCCCOc1c(C=CC(=O)OC(C)CC)c(OCCCCCC)c(OCCCCCC)c(OCCCCCC)c1OCCCCCC. The lowest BCUT2D eigenvalue weighted by Crippen LogP contribution is -2.13. The lowest BCUT2D eigenvalue weighted by molar-refractivity contribution is -0.142. The Bertz CT molecular complexity index is 952. The first-order valence-corrected chi connectivity index (χ1v) is 20.7. The molecule has 0 aliphatic rings. The van der Waals surface area contributed by atoms with Gasteiger partial charge in [0.05, 0.1) is 44.7 Å². The van der Waals surface area contributed by atoms with Crippen LogP contribution in [-0.4, -0.2) is 45.1 Å². The largest absolute Gasteiger partial charge is 0.489 e. The zero-order valence-electron chi connectivity index (χ0n) is 33.5. The van der Waals surface area contributed by atoms with Crippen LogP contribution in [0.4, 0.5) is 0 Å². The molecule has 0 amide bonds. The van der Waals surface area contributed by atoms with Crippen molar-refractivity contribution in [1.82, 2.24) is 0 Å². The van der Waals surface area contributed by atoms with E-state index in [2.05, 4.69) is 34.6 Å². The van der Waals surface area contributed by atoms with Gasteiger partial charge in [-0.15, -0.1) is 0 Å². The smallest absolute Gasteiger partial charge is 0.331 e. The van der Waals surface area contributed by atoms with Crippen molar-refractivity contribution in [2.75, 3.05) is 33.0 Å². The lowest BCUT2D eigenvalue weighted by atomic mass is 10.1. The van der Waals surface area contributed by atoms with E-state index >= 15 is 0 Å². The monoisotopic (exact) mass is 705 g/mol. The van der Waals surface area contributed by atoms with Gasteiger partial charge in [0.1, 0.15) is 0 Å². The van der Waals surface area contributed by atoms with Crippen LogP contribution in [0.2, 0.25) is 0 Å². The van der Waals surface area contributed by atoms with Crippen LogP contribution in [0, 0.1) is 0 Å².